The molecule has 1 aromatic heterocycles. The molecular weight excluding hydrogens is 293 g/mol. The van der Waals surface area contributed by atoms with Gasteiger partial charge in [-0.3, -0.25) is 0 Å². The second kappa shape index (κ2) is 4.00. The van der Waals surface area contributed by atoms with Gasteiger partial charge in [-0.1, -0.05) is 30.3 Å². The third-order valence-electron chi connectivity index (χ3n) is 1.84. The summed E-state index contributed by atoms with van der Waals surface area (Å²) in [7, 11) is 1.58. The molecule has 4 heteroatoms. The first-order valence-electron chi connectivity index (χ1n) is 4.07. The summed E-state index contributed by atoms with van der Waals surface area (Å²) in [5.41, 5.74) is 1.01. The standard InChI is InChI=1S/C10H8INO2/c1-13-10-8(11)9(14-12-10)7-5-3-2-4-6-7/h2-6H,1H3. The molecule has 2 rings (SSSR count). The summed E-state index contributed by atoms with van der Waals surface area (Å²) >= 11 is 2.16. The van der Waals surface area contributed by atoms with Crippen molar-refractivity contribution in [2.24, 2.45) is 0 Å². The minimum absolute atomic E-state index is 0.532. The van der Waals surface area contributed by atoms with Gasteiger partial charge in [0.1, 0.15) is 3.57 Å². The van der Waals surface area contributed by atoms with Crippen LogP contribution in [-0.2, 0) is 0 Å². The van der Waals surface area contributed by atoms with Crippen LogP contribution in [0.4, 0.5) is 0 Å². The van der Waals surface area contributed by atoms with E-state index in [4.69, 9.17) is 9.26 Å². The molecule has 0 radical (unpaired) electrons. The molecular formula is C10H8INO2. The predicted octanol–water partition coefficient (Wildman–Crippen LogP) is 2.95. The zero-order valence-electron chi connectivity index (χ0n) is 7.53. The normalized spacial score (nSPS) is 10.1. The molecule has 0 aliphatic carbocycles. The Bertz CT molecular complexity index is 425. The molecule has 0 bridgehead atoms. The largest absolute Gasteiger partial charge is 0.478 e. The number of ether oxygens (including phenoxy) is 1. The molecule has 14 heavy (non-hydrogen) atoms. The van der Waals surface area contributed by atoms with Gasteiger partial charge in [0.2, 0.25) is 0 Å². The van der Waals surface area contributed by atoms with Crippen molar-refractivity contribution >= 4 is 22.6 Å². The van der Waals surface area contributed by atoms with Crippen LogP contribution >= 0.6 is 22.6 Å². The third-order valence-corrected chi connectivity index (χ3v) is 2.79. The Morgan fingerprint density at radius 3 is 2.57 bits per heavy atom. The van der Waals surface area contributed by atoms with Gasteiger partial charge in [-0.25, -0.2) is 0 Å². The van der Waals surface area contributed by atoms with Crippen molar-refractivity contribution in [3.63, 3.8) is 0 Å². The van der Waals surface area contributed by atoms with Crippen LogP contribution in [0, 0.1) is 3.57 Å². The Morgan fingerprint density at radius 2 is 2.00 bits per heavy atom. The molecule has 1 heterocycles. The van der Waals surface area contributed by atoms with Gasteiger partial charge in [0, 0.05) is 5.56 Å². The van der Waals surface area contributed by atoms with Gasteiger partial charge in [0.05, 0.1) is 7.11 Å². The number of hydrogen-bond donors (Lipinski definition) is 0. The molecule has 0 saturated heterocycles. The van der Waals surface area contributed by atoms with Gasteiger partial charge in [0.25, 0.3) is 5.88 Å². The molecule has 1 aromatic carbocycles. The van der Waals surface area contributed by atoms with E-state index in [0.717, 1.165) is 14.9 Å². The van der Waals surface area contributed by atoms with E-state index >= 15 is 0 Å². The lowest BCUT2D eigenvalue weighted by Crippen LogP contribution is -1.84. The molecule has 0 N–H and O–H groups in total. The van der Waals surface area contributed by atoms with Crippen LogP contribution in [0.5, 0.6) is 5.88 Å². The molecule has 0 fully saturated rings. The molecule has 72 valence electrons. The highest BCUT2D eigenvalue weighted by atomic mass is 127. The first kappa shape index (κ1) is 9.51. The molecule has 0 aliphatic rings. The molecule has 0 aliphatic heterocycles. The molecule has 0 saturated carbocycles. The number of methoxy groups -OCH3 is 1. The number of aromatic nitrogens is 1. The number of halogens is 1. The van der Waals surface area contributed by atoms with Gasteiger partial charge in [-0.15, -0.1) is 0 Å². The van der Waals surface area contributed by atoms with Crippen molar-refractivity contribution in [3.8, 4) is 17.2 Å². The van der Waals surface area contributed by atoms with E-state index in [-0.39, 0.29) is 0 Å². The number of nitrogens with zero attached hydrogens (tertiary/aromatic N) is 1. The van der Waals surface area contributed by atoms with E-state index in [9.17, 15) is 0 Å². The van der Waals surface area contributed by atoms with Gasteiger partial charge < -0.3 is 9.26 Å². The minimum atomic E-state index is 0.532. The fraction of sp³-hybridized carbons (Fsp3) is 0.100. The SMILES string of the molecule is COc1noc(-c2ccccc2)c1I. The zero-order valence-corrected chi connectivity index (χ0v) is 9.69. The summed E-state index contributed by atoms with van der Waals surface area (Å²) in [6.07, 6.45) is 0. The van der Waals surface area contributed by atoms with E-state index < -0.39 is 0 Å². The van der Waals surface area contributed by atoms with Crippen molar-refractivity contribution in [1.29, 1.82) is 0 Å². The predicted molar refractivity (Wildman–Crippen MR) is 61.2 cm³/mol. The highest BCUT2D eigenvalue weighted by Gasteiger charge is 2.14. The topological polar surface area (TPSA) is 35.3 Å². The second-order valence-electron chi connectivity index (χ2n) is 2.70. The average molecular weight is 301 g/mol. The molecule has 2 aromatic rings. The zero-order chi connectivity index (χ0) is 9.97. The lowest BCUT2D eigenvalue weighted by atomic mass is 10.2. The Kier molecular flexibility index (Phi) is 2.72. The van der Waals surface area contributed by atoms with Gasteiger partial charge in [-0.05, 0) is 27.7 Å². The number of hydrogen-bond acceptors (Lipinski definition) is 3. The van der Waals surface area contributed by atoms with Gasteiger partial charge >= 0.3 is 0 Å². The Labute approximate surface area is 95.2 Å². The fourth-order valence-corrected chi connectivity index (χ4v) is 1.89. The molecule has 0 amide bonds. The lowest BCUT2D eigenvalue weighted by Gasteiger charge is -1.95. The molecule has 0 spiro atoms. The van der Waals surface area contributed by atoms with E-state index in [1.54, 1.807) is 7.11 Å². The molecule has 0 atom stereocenters. The Hall–Kier alpha value is -1.04. The van der Waals surface area contributed by atoms with Gasteiger partial charge in [0.15, 0.2) is 5.76 Å². The highest BCUT2D eigenvalue weighted by Crippen LogP contribution is 2.31. The lowest BCUT2D eigenvalue weighted by molar-refractivity contribution is 0.342. The third kappa shape index (κ3) is 1.61. The van der Waals surface area contributed by atoms with E-state index in [1.807, 2.05) is 30.3 Å². The maximum absolute atomic E-state index is 5.19. The van der Waals surface area contributed by atoms with Crippen LogP contribution in [0.25, 0.3) is 11.3 Å². The monoisotopic (exact) mass is 301 g/mol. The first-order chi connectivity index (χ1) is 6.83. The van der Waals surface area contributed by atoms with E-state index in [1.165, 1.54) is 0 Å². The summed E-state index contributed by atoms with van der Waals surface area (Å²) in [4.78, 5) is 0. The van der Waals surface area contributed by atoms with Crippen LogP contribution in [-0.4, -0.2) is 12.3 Å². The second-order valence-corrected chi connectivity index (χ2v) is 3.78. The van der Waals surface area contributed by atoms with Crippen LogP contribution in [0.1, 0.15) is 0 Å². The molecule has 0 unspecified atom stereocenters. The summed E-state index contributed by atoms with van der Waals surface area (Å²) in [5, 5.41) is 3.81. The Morgan fingerprint density at radius 1 is 1.29 bits per heavy atom. The van der Waals surface area contributed by atoms with Crippen molar-refractivity contribution in [3.05, 3.63) is 33.9 Å². The average Bonchev–Trinajstić information content (AvgIpc) is 2.61. The van der Waals surface area contributed by atoms with Crippen LogP contribution in [0.3, 0.4) is 0 Å². The van der Waals surface area contributed by atoms with Crippen molar-refractivity contribution in [1.82, 2.24) is 5.16 Å². The quantitative estimate of drug-likeness (QED) is 0.800. The van der Waals surface area contributed by atoms with Crippen molar-refractivity contribution in [2.45, 2.75) is 0 Å². The summed E-state index contributed by atoms with van der Waals surface area (Å²) in [6, 6.07) is 9.83. The van der Waals surface area contributed by atoms with Gasteiger partial charge in [-0.2, -0.15) is 0 Å². The number of rotatable bonds is 2. The van der Waals surface area contributed by atoms with Crippen LogP contribution < -0.4 is 4.74 Å². The molecule has 3 nitrogen and oxygen atoms in total. The van der Waals surface area contributed by atoms with E-state index in [0.29, 0.717) is 5.88 Å². The Balaban J connectivity index is 2.48. The van der Waals surface area contributed by atoms with Crippen molar-refractivity contribution in [2.75, 3.05) is 7.11 Å². The number of benzene rings is 1. The highest BCUT2D eigenvalue weighted by molar-refractivity contribution is 14.1. The maximum atomic E-state index is 5.19. The summed E-state index contributed by atoms with van der Waals surface area (Å²) in [6.45, 7) is 0. The van der Waals surface area contributed by atoms with Crippen molar-refractivity contribution < 1.29 is 9.26 Å². The summed E-state index contributed by atoms with van der Waals surface area (Å²) in [5.74, 6) is 1.28. The summed E-state index contributed by atoms with van der Waals surface area (Å²) < 4.78 is 11.1. The van der Waals surface area contributed by atoms with E-state index in [2.05, 4.69) is 27.7 Å². The minimum Gasteiger partial charge on any atom is -0.478 e. The van der Waals surface area contributed by atoms with Crippen LogP contribution in [0.2, 0.25) is 0 Å². The fourth-order valence-electron chi connectivity index (χ4n) is 1.16. The van der Waals surface area contributed by atoms with Crippen LogP contribution in [0.15, 0.2) is 34.9 Å². The maximum Gasteiger partial charge on any atom is 0.268 e. The smallest absolute Gasteiger partial charge is 0.268 e. The first-order valence-corrected chi connectivity index (χ1v) is 5.15.